The molecule has 2 aliphatic rings. The third-order valence-electron chi connectivity index (χ3n) is 9.48. The van der Waals surface area contributed by atoms with Gasteiger partial charge in [-0.15, -0.1) is 11.3 Å². The molecule has 1 fully saturated rings. The summed E-state index contributed by atoms with van der Waals surface area (Å²) >= 11 is 1.21. The zero-order valence-electron chi connectivity index (χ0n) is 30.3. The maximum absolute atomic E-state index is 14.4. The number of thiazole rings is 1. The number of aromatic hydroxyl groups is 1. The molecule has 3 amide bonds. The van der Waals surface area contributed by atoms with E-state index in [1.165, 1.54) is 28.5 Å². The number of nitrogens with one attached hydrogen (secondary N) is 1. The van der Waals surface area contributed by atoms with Gasteiger partial charge in [-0.1, -0.05) is 45.0 Å². The van der Waals surface area contributed by atoms with E-state index in [1.54, 1.807) is 5.38 Å². The van der Waals surface area contributed by atoms with Crippen LogP contribution < -0.4 is 10.2 Å². The molecular weight excluding hydrogens is 698 g/mol. The van der Waals surface area contributed by atoms with Crippen LogP contribution in [0.25, 0.3) is 11.1 Å². The van der Waals surface area contributed by atoms with Crippen LogP contribution in [0, 0.1) is 11.2 Å². The van der Waals surface area contributed by atoms with Gasteiger partial charge in [0.25, 0.3) is 11.8 Å². The number of hydrogen-bond acceptors (Lipinski definition) is 9. The first-order chi connectivity index (χ1) is 25.5. The highest BCUT2D eigenvalue weighted by atomic mass is 32.1. The lowest BCUT2D eigenvalue weighted by Gasteiger charge is -2.36. The molecule has 2 N–H and O–H groups in total. The zero-order valence-corrected chi connectivity index (χ0v) is 31.2. The van der Waals surface area contributed by atoms with E-state index in [2.05, 4.69) is 36.0 Å². The number of fused-ring (bicyclic) bond motifs is 1. The number of piperazine rings is 1. The minimum atomic E-state index is -1.30. The van der Waals surface area contributed by atoms with Crippen LogP contribution in [0.3, 0.4) is 0 Å². The van der Waals surface area contributed by atoms with Crippen molar-refractivity contribution in [2.24, 2.45) is 5.41 Å². The fourth-order valence-electron chi connectivity index (χ4n) is 6.46. The third-order valence-corrected chi connectivity index (χ3v) is 10.2. The van der Waals surface area contributed by atoms with Gasteiger partial charge < -0.3 is 29.3 Å². The normalized spacial score (nSPS) is 15.1. The maximum Gasteiger partial charge on any atom is 0.255 e. The summed E-state index contributed by atoms with van der Waals surface area (Å²) in [5, 5.41) is 15.4. The molecule has 0 bridgehead atoms. The van der Waals surface area contributed by atoms with Crippen molar-refractivity contribution in [2.75, 3.05) is 62.8 Å². The number of phenols is 1. The van der Waals surface area contributed by atoms with Crippen molar-refractivity contribution in [2.45, 2.75) is 46.2 Å². The van der Waals surface area contributed by atoms with E-state index in [4.69, 9.17) is 9.47 Å². The molecule has 3 heterocycles. The second-order valence-corrected chi connectivity index (χ2v) is 15.3. The fourth-order valence-corrected chi connectivity index (χ4v) is 6.99. The van der Waals surface area contributed by atoms with E-state index in [-0.39, 0.29) is 29.2 Å². The van der Waals surface area contributed by atoms with Crippen LogP contribution in [-0.4, -0.2) is 90.2 Å². The van der Waals surface area contributed by atoms with Crippen LogP contribution in [-0.2, 0) is 25.6 Å². The summed E-state index contributed by atoms with van der Waals surface area (Å²) in [4.78, 5) is 49.8. The van der Waals surface area contributed by atoms with Gasteiger partial charge in [0.1, 0.15) is 17.6 Å². The monoisotopic (exact) mass is 743 g/mol. The first-order valence-electron chi connectivity index (χ1n) is 17.9. The average molecular weight is 744 g/mol. The smallest absolute Gasteiger partial charge is 0.255 e. The molecular formula is C40H46FN5O6S. The Bertz CT molecular complexity index is 1890. The molecule has 2 aliphatic heterocycles. The average Bonchev–Trinajstić information content (AvgIpc) is 3.77. The Hall–Kier alpha value is -4.85. The van der Waals surface area contributed by atoms with Crippen LogP contribution in [0.15, 0.2) is 72.2 Å². The Morgan fingerprint density at radius 1 is 0.943 bits per heavy atom. The Morgan fingerprint density at radius 2 is 1.66 bits per heavy atom. The van der Waals surface area contributed by atoms with Crippen LogP contribution in [0.2, 0.25) is 0 Å². The van der Waals surface area contributed by atoms with E-state index >= 15 is 0 Å². The number of amides is 3. The fraction of sp³-hybridized carbons (Fsp3) is 0.400. The van der Waals surface area contributed by atoms with E-state index in [9.17, 15) is 23.9 Å². The quantitative estimate of drug-likeness (QED) is 0.140. The standard InChI is InChI=1S/C40H46FN5O6S/c1-40(2,3)13-20-52-22-21-51-19-12-35(48)45-17-15-44(16-18-45)31-9-6-27(7-10-31)28-4-5-29-26-46(38(50)32(29)24-28)36(33-25-30(41)8-11-34(33)47)37(49)43-39-42-14-23-53-39/h4-11,14,23-25,36,47H,12-13,15-22,26H2,1-3H3,(H,42,43,49). The predicted octanol–water partition coefficient (Wildman–Crippen LogP) is 6.50. The van der Waals surface area contributed by atoms with Gasteiger partial charge in [-0.3, -0.25) is 19.7 Å². The Labute approximate surface area is 313 Å². The molecule has 6 rings (SSSR count). The van der Waals surface area contributed by atoms with Crippen LogP contribution in [0.1, 0.15) is 61.1 Å². The molecule has 11 nitrogen and oxygen atoms in total. The highest BCUT2D eigenvalue weighted by molar-refractivity contribution is 7.13. The van der Waals surface area contributed by atoms with Gasteiger partial charge in [-0.05, 0) is 64.9 Å². The number of rotatable bonds is 14. The Morgan fingerprint density at radius 3 is 2.36 bits per heavy atom. The van der Waals surface area contributed by atoms with Gasteiger partial charge in [0.2, 0.25) is 5.91 Å². The topological polar surface area (TPSA) is 125 Å². The Balaban J connectivity index is 1.03. The number of anilines is 2. The molecule has 1 saturated heterocycles. The lowest BCUT2D eigenvalue weighted by Crippen LogP contribution is -2.49. The minimum Gasteiger partial charge on any atom is -0.508 e. The summed E-state index contributed by atoms with van der Waals surface area (Å²) in [6.45, 7) is 11.5. The van der Waals surface area contributed by atoms with Crippen LogP contribution in [0.5, 0.6) is 5.75 Å². The minimum absolute atomic E-state index is 0.0151. The molecule has 53 heavy (non-hydrogen) atoms. The molecule has 13 heteroatoms. The number of aromatic nitrogens is 1. The SMILES string of the molecule is CC(C)(C)CCOCCOCCC(=O)N1CCN(c2ccc(-c3ccc4c(c3)C(=O)N(C(C(=O)Nc3nccs3)c3cc(F)ccc3O)C4)cc2)CC1. The van der Waals surface area contributed by atoms with Gasteiger partial charge in [-0.2, -0.15) is 0 Å². The number of benzene rings is 3. The van der Waals surface area contributed by atoms with Gasteiger partial charge in [0.05, 0.1) is 26.2 Å². The number of nitrogens with zero attached hydrogens (tertiary/aromatic N) is 4. The van der Waals surface area contributed by atoms with Crippen molar-refractivity contribution in [3.05, 3.63) is 94.7 Å². The summed E-state index contributed by atoms with van der Waals surface area (Å²) in [5.74, 6) is -1.85. The summed E-state index contributed by atoms with van der Waals surface area (Å²) in [6.07, 6.45) is 2.88. The second kappa shape index (κ2) is 16.9. The van der Waals surface area contributed by atoms with Crippen molar-refractivity contribution in [1.82, 2.24) is 14.8 Å². The van der Waals surface area contributed by atoms with Crippen molar-refractivity contribution >= 4 is 39.9 Å². The predicted molar refractivity (Wildman–Crippen MR) is 202 cm³/mol. The molecule has 0 saturated carbocycles. The first kappa shape index (κ1) is 37.9. The van der Waals surface area contributed by atoms with Gasteiger partial charge in [-0.25, -0.2) is 9.37 Å². The maximum atomic E-state index is 14.4. The van der Waals surface area contributed by atoms with Gasteiger partial charge >= 0.3 is 0 Å². The van der Waals surface area contributed by atoms with Crippen molar-refractivity contribution < 1.29 is 33.4 Å². The molecule has 1 unspecified atom stereocenters. The molecule has 4 aromatic rings. The van der Waals surface area contributed by atoms with E-state index in [0.717, 1.165) is 54.0 Å². The summed E-state index contributed by atoms with van der Waals surface area (Å²) in [7, 11) is 0. The number of carbonyl (C=O) groups excluding carboxylic acids is 3. The summed E-state index contributed by atoms with van der Waals surface area (Å²) in [5.41, 5.74) is 4.18. The van der Waals surface area contributed by atoms with Crippen LogP contribution >= 0.6 is 11.3 Å². The Kier molecular flexibility index (Phi) is 12.1. The van der Waals surface area contributed by atoms with Crippen LogP contribution in [0.4, 0.5) is 15.2 Å². The van der Waals surface area contributed by atoms with Crippen molar-refractivity contribution in [3.8, 4) is 16.9 Å². The highest BCUT2D eigenvalue weighted by Crippen LogP contribution is 2.38. The first-order valence-corrected chi connectivity index (χ1v) is 18.8. The number of ether oxygens (including phenoxy) is 2. The number of phenolic OH excluding ortho intramolecular Hbond substituents is 1. The zero-order chi connectivity index (χ0) is 37.5. The van der Waals surface area contributed by atoms with Crippen molar-refractivity contribution in [3.63, 3.8) is 0 Å². The van der Waals surface area contributed by atoms with Crippen molar-refractivity contribution in [1.29, 1.82) is 0 Å². The number of hydrogen-bond donors (Lipinski definition) is 2. The highest BCUT2D eigenvalue weighted by Gasteiger charge is 2.39. The van der Waals surface area contributed by atoms with Gasteiger partial charge in [0.15, 0.2) is 5.13 Å². The number of carbonyl (C=O) groups is 3. The van der Waals surface area contributed by atoms with E-state index < -0.39 is 23.7 Å². The molecule has 3 aromatic carbocycles. The molecule has 280 valence electrons. The number of halogens is 1. The largest absolute Gasteiger partial charge is 0.508 e. The molecule has 0 aliphatic carbocycles. The molecule has 1 aromatic heterocycles. The third kappa shape index (κ3) is 9.58. The lowest BCUT2D eigenvalue weighted by molar-refractivity contribution is -0.132. The molecule has 0 radical (unpaired) electrons. The van der Waals surface area contributed by atoms with E-state index in [0.29, 0.717) is 56.6 Å². The second-order valence-electron chi connectivity index (χ2n) is 14.4. The summed E-state index contributed by atoms with van der Waals surface area (Å²) in [6, 6.07) is 15.7. The summed E-state index contributed by atoms with van der Waals surface area (Å²) < 4.78 is 25.6. The lowest BCUT2D eigenvalue weighted by atomic mass is 9.93. The van der Waals surface area contributed by atoms with E-state index in [1.807, 2.05) is 47.4 Å². The van der Waals surface area contributed by atoms with Gasteiger partial charge in [0, 0.05) is 67.7 Å². The molecule has 1 atom stereocenters. The molecule has 0 spiro atoms.